The lowest BCUT2D eigenvalue weighted by molar-refractivity contribution is -0.129. The van der Waals surface area contributed by atoms with Crippen molar-refractivity contribution in [1.29, 1.82) is 0 Å². The topological polar surface area (TPSA) is 120 Å². The van der Waals surface area contributed by atoms with Gasteiger partial charge in [-0.3, -0.25) is 9.59 Å². The summed E-state index contributed by atoms with van der Waals surface area (Å²) in [7, 11) is 0. The molecule has 11 heteroatoms. The molecule has 3 aromatic rings. The Hall–Kier alpha value is -2.75. The van der Waals surface area contributed by atoms with Gasteiger partial charge in [-0.2, -0.15) is 0 Å². The maximum atomic E-state index is 12.8. The predicted molar refractivity (Wildman–Crippen MR) is 122 cm³/mol. The second kappa shape index (κ2) is 10.5. The number of nitrogens with two attached hydrogens (primary N) is 2. The summed E-state index contributed by atoms with van der Waals surface area (Å²) in [4.78, 5) is 25.6. The summed E-state index contributed by atoms with van der Waals surface area (Å²) in [5.74, 6) is 5.89. The Morgan fingerprint density at radius 1 is 1.10 bits per heavy atom. The van der Waals surface area contributed by atoms with Crippen LogP contribution in [0.1, 0.15) is 12.0 Å². The van der Waals surface area contributed by atoms with Gasteiger partial charge in [0.1, 0.15) is 0 Å². The van der Waals surface area contributed by atoms with E-state index in [4.69, 9.17) is 34.8 Å². The quantitative estimate of drug-likeness (QED) is 0.360. The highest BCUT2D eigenvalue weighted by atomic mass is 35.5. The zero-order chi connectivity index (χ0) is 22.4. The van der Waals surface area contributed by atoms with E-state index in [1.807, 2.05) is 30.3 Å². The number of primary amides is 1. The summed E-state index contributed by atoms with van der Waals surface area (Å²) in [5, 5.41) is 9.37. The van der Waals surface area contributed by atoms with Crippen LogP contribution in [-0.2, 0) is 16.1 Å². The maximum Gasteiger partial charge on any atom is 0.233 e. The Bertz CT molecular complexity index is 1080. The van der Waals surface area contributed by atoms with Crippen LogP contribution in [0.2, 0.25) is 10.0 Å². The first-order valence-electron chi connectivity index (χ1n) is 9.24. The third kappa shape index (κ3) is 6.13. The predicted octanol–water partition coefficient (Wildman–Crippen LogP) is 2.96. The van der Waals surface area contributed by atoms with Crippen molar-refractivity contribution < 1.29 is 9.59 Å². The van der Waals surface area contributed by atoms with Crippen LogP contribution in [0, 0.1) is 0 Å². The molecule has 8 nitrogen and oxygen atoms in total. The van der Waals surface area contributed by atoms with E-state index in [2.05, 4.69) is 10.2 Å². The largest absolute Gasteiger partial charge is 0.370 e. The van der Waals surface area contributed by atoms with Crippen LogP contribution in [0.15, 0.2) is 53.7 Å². The Labute approximate surface area is 193 Å². The lowest BCUT2D eigenvalue weighted by Crippen LogP contribution is -2.35. The number of amides is 2. The molecule has 0 spiro atoms. The first-order chi connectivity index (χ1) is 14.8. The van der Waals surface area contributed by atoms with E-state index in [-0.39, 0.29) is 24.6 Å². The van der Waals surface area contributed by atoms with Crippen LogP contribution >= 0.6 is 35.0 Å². The van der Waals surface area contributed by atoms with Crippen molar-refractivity contribution in [1.82, 2.24) is 19.8 Å². The van der Waals surface area contributed by atoms with Gasteiger partial charge < -0.3 is 16.5 Å². The number of carbonyl (C=O) groups excluding carboxylic acids is 2. The molecular formula is C20H20Cl2N6O2S. The highest BCUT2D eigenvalue weighted by molar-refractivity contribution is 7.99. The molecule has 3 rings (SSSR count). The van der Waals surface area contributed by atoms with Gasteiger partial charge in [0.2, 0.25) is 17.0 Å². The molecule has 0 saturated carbocycles. The summed E-state index contributed by atoms with van der Waals surface area (Å²) in [6, 6.07) is 14.5. The molecule has 0 aliphatic carbocycles. The Kier molecular flexibility index (Phi) is 7.78. The Morgan fingerprint density at radius 2 is 1.84 bits per heavy atom. The third-order valence-electron chi connectivity index (χ3n) is 4.36. The molecule has 0 atom stereocenters. The molecule has 0 saturated heterocycles. The summed E-state index contributed by atoms with van der Waals surface area (Å²) in [6.07, 6.45) is 0.0789. The van der Waals surface area contributed by atoms with Gasteiger partial charge >= 0.3 is 0 Å². The van der Waals surface area contributed by atoms with Crippen molar-refractivity contribution in [3.05, 3.63) is 64.1 Å². The van der Waals surface area contributed by atoms with Gasteiger partial charge in [0.15, 0.2) is 5.82 Å². The molecule has 2 aromatic carbocycles. The summed E-state index contributed by atoms with van der Waals surface area (Å²) in [6.45, 7) is 0.596. The van der Waals surface area contributed by atoms with Gasteiger partial charge in [0.05, 0.1) is 10.8 Å². The summed E-state index contributed by atoms with van der Waals surface area (Å²) < 4.78 is 1.28. The van der Waals surface area contributed by atoms with Crippen LogP contribution < -0.4 is 11.6 Å². The first kappa shape index (κ1) is 22.9. The van der Waals surface area contributed by atoms with Crippen LogP contribution in [0.4, 0.5) is 0 Å². The van der Waals surface area contributed by atoms with Crippen molar-refractivity contribution in [3.8, 4) is 11.4 Å². The van der Waals surface area contributed by atoms with E-state index in [0.717, 1.165) is 17.3 Å². The number of benzene rings is 2. The average Bonchev–Trinajstić information content (AvgIpc) is 3.10. The monoisotopic (exact) mass is 478 g/mol. The second-order valence-electron chi connectivity index (χ2n) is 6.61. The summed E-state index contributed by atoms with van der Waals surface area (Å²) in [5.41, 5.74) is 6.79. The molecule has 0 radical (unpaired) electrons. The van der Waals surface area contributed by atoms with Crippen LogP contribution in [-0.4, -0.2) is 43.9 Å². The van der Waals surface area contributed by atoms with Crippen molar-refractivity contribution >= 4 is 46.8 Å². The van der Waals surface area contributed by atoms with Crippen molar-refractivity contribution in [2.45, 2.75) is 18.1 Å². The molecule has 162 valence electrons. The fourth-order valence-electron chi connectivity index (χ4n) is 2.79. The lowest BCUT2D eigenvalue weighted by atomic mass is 10.2. The number of halogens is 2. The molecular weight excluding hydrogens is 459 g/mol. The minimum atomic E-state index is -0.468. The Balaban J connectivity index is 1.70. The van der Waals surface area contributed by atoms with Gasteiger partial charge in [-0.1, -0.05) is 65.3 Å². The number of nitrogens with zero attached hydrogens (tertiary/aromatic N) is 4. The molecule has 1 heterocycles. The summed E-state index contributed by atoms with van der Waals surface area (Å²) >= 11 is 13.3. The SMILES string of the molecule is NC(=O)CCN(Cc1ccccc1)C(=O)CSc1nnc(-c2ccc(Cl)cc2Cl)n1N. The lowest BCUT2D eigenvalue weighted by Gasteiger charge is -2.22. The van der Waals surface area contributed by atoms with Crippen LogP contribution in [0.3, 0.4) is 0 Å². The van der Waals surface area contributed by atoms with E-state index in [1.165, 1.54) is 4.68 Å². The van der Waals surface area contributed by atoms with Gasteiger partial charge in [-0.15, -0.1) is 10.2 Å². The molecule has 31 heavy (non-hydrogen) atoms. The molecule has 0 unspecified atom stereocenters. The zero-order valence-corrected chi connectivity index (χ0v) is 18.7. The van der Waals surface area contributed by atoms with Crippen molar-refractivity contribution in [2.24, 2.45) is 5.73 Å². The normalized spacial score (nSPS) is 10.8. The maximum absolute atomic E-state index is 12.8. The van der Waals surface area contributed by atoms with E-state index < -0.39 is 5.91 Å². The van der Waals surface area contributed by atoms with Gasteiger partial charge in [-0.25, -0.2) is 4.68 Å². The van der Waals surface area contributed by atoms with E-state index in [0.29, 0.717) is 33.1 Å². The molecule has 1 aromatic heterocycles. The van der Waals surface area contributed by atoms with Gasteiger partial charge in [-0.05, 0) is 23.8 Å². The van der Waals surface area contributed by atoms with E-state index in [1.54, 1.807) is 23.1 Å². The first-order valence-corrected chi connectivity index (χ1v) is 11.0. The molecule has 0 fully saturated rings. The number of carbonyl (C=O) groups is 2. The molecule has 0 aliphatic rings. The fourth-order valence-corrected chi connectivity index (χ4v) is 4.04. The molecule has 2 amide bonds. The minimum Gasteiger partial charge on any atom is -0.370 e. The average molecular weight is 479 g/mol. The highest BCUT2D eigenvalue weighted by Gasteiger charge is 2.19. The number of hydrogen-bond donors (Lipinski definition) is 2. The van der Waals surface area contributed by atoms with Crippen molar-refractivity contribution in [3.63, 3.8) is 0 Å². The van der Waals surface area contributed by atoms with Gasteiger partial charge in [0.25, 0.3) is 0 Å². The third-order valence-corrected chi connectivity index (χ3v) is 5.83. The van der Waals surface area contributed by atoms with Crippen LogP contribution in [0.25, 0.3) is 11.4 Å². The highest BCUT2D eigenvalue weighted by Crippen LogP contribution is 2.30. The minimum absolute atomic E-state index is 0.0648. The number of thioether (sulfide) groups is 1. The number of aromatic nitrogens is 3. The standard InChI is InChI=1S/C20H20Cl2N6O2S/c21-14-6-7-15(16(22)10-14)19-25-26-20(28(19)24)31-12-18(30)27(9-8-17(23)29)11-13-4-2-1-3-5-13/h1-7,10H,8-9,11-12,24H2,(H2,23,29). The zero-order valence-electron chi connectivity index (χ0n) is 16.4. The second-order valence-corrected chi connectivity index (χ2v) is 8.39. The van der Waals surface area contributed by atoms with Gasteiger partial charge in [0, 0.05) is 30.1 Å². The molecule has 4 N–H and O–H groups in total. The number of nitrogen functional groups attached to an aromatic ring is 1. The molecule has 0 bridgehead atoms. The Morgan fingerprint density at radius 3 is 2.52 bits per heavy atom. The molecule has 0 aliphatic heterocycles. The smallest absolute Gasteiger partial charge is 0.233 e. The number of rotatable bonds is 9. The van der Waals surface area contributed by atoms with E-state index in [9.17, 15) is 9.59 Å². The van der Waals surface area contributed by atoms with E-state index >= 15 is 0 Å². The van der Waals surface area contributed by atoms with Crippen molar-refractivity contribution in [2.75, 3.05) is 18.1 Å². The van der Waals surface area contributed by atoms with Crippen LogP contribution in [0.5, 0.6) is 0 Å². The fraction of sp³-hybridized carbons (Fsp3) is 0.200. The number of hydrogen-bond acceptors (Lipinski definition) is 6.